The lowest BCUT2D eigenvalue weighted by Gasteiger charge is -2.35. The molecule has 2 unspecified atom stereocenters. The van der Waals surface area contributed by atoms with Gasteiger partial charge in [0.2, 0.25) is 0 Å². The van der Waals surface area contributed by atoms with Crippen molar-refractivity contribution in [3.8, 4) is 5.75 Å². The molecule has 5 rings (SSSR count). The molecular weight excluding hydrogens is 462 g/mol. The average Bonchev–Trinajstić information content (AvgIpc) is 3.44. The number of hydrogen-bond donors (Lipinski definition) is 0. The Morgan fingerprint density at radius 3 is 2.74 bits per heavy atom. The number of ether oxygens (including phenoxy) is 1. The zero-order valence-electron chi connectivity index (χ0n) is 21.0. The number of fused-ring (bicyclic) bond motifs is 1. The van der Waals surface area contributed by atoms with E-state index in [0.717, 1.165) is 55.1 Å². The van der Waals surface area contributed by atoms with E-state index < -0.39 is 0 Å². The number of aromatic nitrogens is 3. The molecule has 8 heteroatoms. The van der Waals surface area contributed by atoms with Gasteiger partial charge in [0, 0.05) is 42.5 Å². The highest BCUT2D eigenvalue weighted by atomic mass is 35.5. The summed E-state index contributed by atoms with van der Waals surface area (Å²) in [5.41, 5.74) is 3.32. The minimum absolute atomic E-state index is 0.0413. The quantitative estimate of drug-likeness (QED) is 0.455. The molecule has 2 saturated heterocycles. The van der Waals surface area contributed by atoms with Gasteiger partial charge in [-0.05, 0) is 70.6 Å². The van der Waals surface area contributed by atoms with Gasteiger partial charge in [-0.2, -0.15) is 5.10 Å². The molecule has 0 aliphatic carbocycles. The number of halogens is 1. The first kappa shape index (κ1) is 23.9. The molecule has 3 aromatic rings. The summed E-state index contributed by atoms with van der Waals surface area (Å²) in [7, 11) is 0. The molecule has 0 radical (unpaired) electrons. The van der Waals surface area contributed by atoms with Crippen LogP contribution in [-0.4, -0.2) is 51.1 Å². The summed E-state index contributed by atoms with van der Waals surface area (Å²) in [4.78, 5) is 23.1. The molecule has 0 saturated carbocycles. The summed E-state index contributed by atoms with van der Waals surface area (Å²) in [5, 5.41) is 5.40. The molecule has 2 aliphatic rings. The summed E-state index contributed by atoms with van der Waals surface area (Å²) in [6.45, 7) is 11.0. The molecule has 2 atom stereocenters. The van der Waals surface area contributed by atoms with Crippen molar-refractivity contribution >= 4 is 29.0 Å². The zero-order chi connectivity index (χ0) is 24.7. The van der Waals surface area contributed by atoms with Crippen molar-refractivity contribution in [2.75, 3.05) is 24.5 Å². The molecule has 1 amide bonds. The number of amides is 1. The van der Waals surface area contributed by atoms with Gasteiger partial charge in [-0.25, -0.2) is 9.50 Å². The second-order valence-electron chi connectivity index (χ2n) is 10.3. The van der Waals surface area contributed by atoms with Gasteiger partial charge in [-0.3, -0.25) is 4.79 Å². The van der Waals surface area contributed by atoms with Crippen molar-refractivity contribution in [3.05, 3.63) is 52.3 Å². The number of nitrogens with zero attached hydrogens (tertiary/aromatic N) is 5. The molecule has 186 valence electrons. The number of benzene rings is 1. The minimum atomic E-state index is -0.112. The Hall–Kier alpha value is -2.80. The summed E-state index contributed by atoms with van der Waals surface area (Å²) in [6, 6.07) is 7.19. The molecule has 2 aromatic heterocycles. The van der Waals surface area contributed by atoms with Crippen LogP contribution < -0.4 is 9.64 Å². The topological polar surface area (TPSA) is 63.0 Å². The number of aryl methyl sites for hydroxylation is 1. The number of rotatable bonds is 5. The summed E-state index contributed by atoms with van der Waals surface area (Å²) in [5.74, 6) is 2.22. The lowest BCUT2D eigenvalue weighted by molar-refractivity contribution is 0.0600. The van der Waals surface area contributed by atoms with Gasteiger partial charge in [-0.1, -0.05) is 18.5 Å². The fourth-order valence-corrected chi connectivity index (χ4v) is 5.46. The molecule has 4 heterocycles. The largest absolute Gasteiger partial charge is 0.490 e. The fourth-order valence-electron chi connectivity index (χ4n) is 5.29. The van der Waals surface area contributed by atoms with E-state index in [0.29, 0.717) is 28.8 Å². The van der Waals surface area contributed by atoms with Crippen molar-refractivity contribution in [3.63, 3.8) is 0 Å². The van der Waals surface area contributed by atoms with Crippen LogP contribution >= 0.6 is 11.6 Å². The molecule has 35 heavy (non-hydrogen) atoms. The lowest BCUT2D eigenvalue weighted by atomic mass is 9.98. The average molecular weight is 496 g/mol. The van der Waals surface area contributed by atoms with Crippen LogP contribution in [0.4, 0.5) is 5.82 Å². The van der Waals surface area contributed by atoms with Crippen LogP contribution in [0.2, 0.25) is 5.02 Å². The Morgan fingerprint density at radius 2 is 2.00 bits per heavy atom. The number of carbonyl (C=O) groups is 1. The number of hydrogen-bond acceptors (Lipinski definition) is 5. The first-order valence-electron chi connectivity index (χ1n) is 12.7. The predicted octanol–water partition coefficient (Wildman–Crippen LogP) is 5.69. The van der Waals surface area contributed by atoms with Crippen LogP contribution in [0.15, 0.2) is 30.5 Å². The van der Waals surface area contributed by atoms with Crippen LogP contribution in [0.3, 0.4) is 0 Å². The maximum Gasteiger partial charge on any atom is 0.258 e. The Labute approximate surface area is 212 Å². The smallest absolute Gasteiger partial charge is 0.258 e. The van der Waals surface area contributed by atoms with Crippen molar-refractivity contribution in [1.82, 2.24) is 19.5 Å². The van der Waals surface area contributed by atoms with Crippen molar-refractivity contribution in [1.29, 1.82) is 0 Å². The van der Waals surface area contributed by atoms with Gasteiger partial charge in [0.05, 0.1) is 23.4 Å². The van der Waals surface area contributed by atoms with Crippen LogP contribution in [0.5, 0.6) is 5.75 Å². The third-order valence-corrected chi connectivity index (χ3v) is 7.22. The normalized spacial score (nSPS) is 20.7. The maximum absolute atomic E-state index is 13.8. The number of carbonyl (C=O) groups excluding carboxylic acids is 1. The highest BCUT2D eigenvalue weighted by Gasteiger charge is 2.32. The molecule has 2 aliphatic heterocycles. The molecule has 1 aromatic carbocycles. The second kappa shape index (κ2) is 9.69. The van der Waals surface area contributed by atoms with E-state index in [-0.39, 0.29) is 18.1 Å². The monoisotopic (exact) mass is 495 g/mol. The molecule has 0 N–H and O–H groups in total. The number of anilines is 1. The van der Waals surface area contributed by atoms with E-state index in [2.05, 4.69) is 24.9 Å². The zero-order valence-corrected chi connectivity index (χ0v) is 21.8. The predicted molar refractivity (Wildman–Crippen MR) is 139 cm³/mol. The SMILES string of the molecule is Cc1cn2nc(C3CCCCN3C(=O)c3cc(Cl)ccc3OC(C)C)cc2nc1N1CCC(C)C1. The molecule has 2 fully saturated rings. The van der Waals surface area contributed by atoms with Crippen molar-refractivity contribution in [2.45, 2.75) is 65.5 Å². The van der Waals surface area contributed by atoms with Crippen LogP contribution in [0.25, 0.3) is 5.65 Å². The van der Waals surface area contributed by atoms with E-state index in [9.17, 15) is 4.79 Å². The van der Waals surface area contributed by atoms with Gasteiger partial charge >= 0.3 is 0 Å². The van der Waals surface area contributed by atoms with E-state index in [1.807, 2.05) is 29.3 Å². The van der Waals surface area contributed by atoms with E-state index in [1.165, 1.54) is 6.42 Å². The Morgan fingerprint density at radius 1 is 1.17 bits per heavy atom. The molecular formula is C27H34ClN5O2. The third kappa shape index (κ3) is 4.83. The molecule has 0 bridgehead atoms. The van der Waals surface area contributed by atoms with Crippen LogP contribution in [0.1, 0.15) is 74.1 Å². The number of likely N-dealkylation sites (tertiary alicyclic amines) is 1. The van der Waals surface area contributed by atoms with Crippen LogP contribution in [-0.2, 0) is 0 Å². The van der Waals surface area contributed by atoms with Crippen molar-refractivity contribution in [2.24, 2.45) is 5.92 Å². The Kier molecular flexibility index (Phi) is 6.62. The lowest BCUT2D eigenvalue weighted by Crippen LogP contribution is -2.39. The fraction of sp³-hybridized carbons (Fsp3) is 0.519. The first-order chi connectivity index (χ1) is 16.8. The second-order valence-corrected chi connectivity index (χ2v) is 10.7. The third-order valence-electron chi connectivity index (χ3n) is 6.99. The first-order valence-corrected chi connectivity index (χ1v) is 13.1. The number of piperidine rings is 1. The summed E-state index contributed by atoms with van der Waals surface area (Å²) < 4.78 is 7.80. The van der Waals surface area contributed by atoms with E-state index >= 15 is 0 Å². The minimum Gasteiger partial charge on any atom is -0.490 e. The van der Waals surface area contributed by atoms with Gasteiger partial charge in [-0.15, -0.1) is 0 Å². The van der Waals surface area contributed by atoms with E-state index in [4.69, 9.17) is 26.4 Å². The maximum atomic E-state index is 13.8. The molecule has 0 spiro atoms. The van der Waals surface area contributed by atoms with Crippen LogP contribution in [0, 0.1) is 12.8 Å². The standard InChI is InChI=1S/C27H34ClN5O2/c1-17(2)35-24-9-8-20(28)13-21(24)27(34)32-11-6-5-7-23(32)22-14-25-29-26(19(4)16-33(25)30-22)31-12-10-18(3)15-31/h8-9,13-14,16-18,23H,5-7,10-12,15H2,1-4H3. The Balaban J connectivity index is 1.47. The van der Waals surface area contributed by atoms with Gasteiger partial charge in [0.15, 0.2) is 5.65 Å². The van der Waals surface area contributed by atoms with Gasteiger partial charge < -0.3 is 14.5 Å². The van der Waals surface area contributed by atoms with E-state index in [1.54, 1.807) is 18.2 Å². The Bertz CT molecular complexity index is 1240. The van der Waals surface area contributed by atoms with Gasteiger partial charge in [0.1, 0.15) is 11.6 Å². The summed E-state index contributed by atoms with van der Waals surface area (Å²) >= 11 is 6.28. The summed E-state index contributed by atoms with van der Waals surface area (Å²) in [6.07, 6.45) is 6.10. The van der Waals surface area contributed by atoms with Gasteiger partial charge in [0.25, 0.3) is 5.91 Å². The molecule has 7 nitrogen and oxygen atoms in total. The van der Waals surface area contributed by atoms with Crippen molar-refractivity contribution < 1.29 is 9.53 Å². The highest BCUT2D eigenvalue weighted by molar-refractivity contribution is 6.31. The highest BCUT2D eigenvalue weighted by Crippen LogP contribution is 2.35.